The molecular formula is C13H18FNO. The molecule has 0 atom stereocenters. The van der Waals surface area contributed by atoms with Crippen LogP contribution in [0, 0.1) is 5.82 Å². The molecule has 3 heteroatoms. The van der Waals surface area contributed by atoms with Crippen molar-refractivity contribution in [3.63, 3.8) is 0 Å². The van der Waals surface area contributed by atoms with E-state index in [1.807, 2.05) is 11.9 Å². The highest BCUT2D eigenvalue weighted by molar-refractivity contribution is 5.97. The lowest BCUT2D eigenvalue weighted by Crippen LogP contribution is -2.27. The van der Waals surface area contributed by atoms with Crippen LogP contribution in [-0.2, 0) is 0 Å². The van der Waals surface area contributed by atoms with E-state index in [4.69, 9.17) is 0 Å². The molecule has 0 aliphatic heterocycles. The first-order chi connectivity index (χ1) is 7.65. The van der Waals surface area contributed by atoms with Crippen LogP contribution in [0.5, 0.6) is 0 Å². The minimum absolute atomic E-state index is 0.156. The summed E-state index contributed by atoms with van der Waals surface area (Å²) < 4.78 is 13.3. The second kappa shape index (κ2) is 6.38. The first kappa shape index (κ1) is 12.8. The monoisotopic (exact) mass is 223 g/mol. The number of rotatable bonds is 6. The number of halogens is 1. The van der Waals surface area contributed by atoms with Gasteiger partial charge in [-0.3, -0.25) is 9.69 Å². The van der Waals surface area contributed by atoms with Crippen molar-refractivity contribution in [2.45, 2.75) is 19.8 Å². The van der Waals surface area contributed by atoms with Gasteiger partial charge in [0.05, 0.1) is 12.1 Å². The average molecular weight is 223 g/mol. The van der Waals surface area contributed by atoms with E-state index in [1.165, 1.54) is 12.1 Å². The molecular weight excluding hydrogens is 205 g/mol. The van der Waals surface area contributed by atoms with Crippen molar-refractivity contribution in [3.05, 3.63) is 35.6 Å². The molecule has 1 aromatic carbocycles. The minimum atomic E-state index is -0.434. The summed E-state index contributed by atoms with van der Waals surface area (Å²) in [4.78, 5) is 13.7. The number of ketones is 1. The van der Waals surface area contributed by atoms with Gasteiger partial charge in [-0.05, 0) is 32.1 Å². The molecule has 0 amide bonds. The fourth-order valence-corrected chi connectivity index (χ4v) is 1.52. The highest BCUT2D eigenvalue weighted by atomic mass is 19.1. The number of Topliss-reactive ketones (excluding diaryl/α,β-unsaturated/α-hetero) is 1. The Labute approximate surface area is 96.1 Å². The third-order valence-electron chi connectivity index (χ3n) is 2.48. The Morgan fingerprint density at radius 1 is 1.38 bits per heavy atom. The maximum Gasteiger partial charge on any atom is 0.179 e. The SMILES string of the molecule is CCCCN(C)CC(=O)c1ccccc1F. The molecule has 0 aliphatic carbocycles. The molecule has 0 unspecified atom stereocenters. The van der Waals surface area contributed by atoms with E-state index < -0.39 is 5.82 Å². The van der Waals surface area contributed by atoms with Gasteiger partial charge in [-0.1, -0.05) is 25.5 Å². The molecule has 0 aliphatic rings. The van der Waals surface area contributed by atoms with Crippen LogP contribution in [0.2, 0.25) is 0 Å². The zero-order valence-corrected chi connectivity index (χ0v) is 9.87. The molecule has 16 heavy (non-hydrogen) atoms. The first-order valence-corrected chi connectivity index (χ1v) is 5.61. The molecule has 88 valence electrons. The molecule has 0 aromatic heterocycles. The summed E-state index contributed by atoms with van der Waals surface area (Å²) in [5.74, 6) is -0.590. The lowest BCUT2D eigenvalue weighted by Gasteiger charge is -2.15. The Morgan fingerprint density at radius 2 is 2.06 bits per heavy atom. The minimum Gasteiger partial charge on any atom is -0.299 e. The Morgan fingerprint density at radius 3 is 2.69 bits per heavy atom. The van der Waals surface area contributed by atoms with Crippen LogP contribution in [-0.4, -0.2) is 30.8 Å². The zero-order chi connectivity index (χ0) is 12.0. The topological polar surface area (TPSA) is 20.3 Å². The molecule has 0 radical (unpaired) electrons. The summed E-state index contributed by atoms with van der Waals surface area (Å²) in [6.07, 6.45) is 2.15. The van der Waals surface area contributed by atoms with Crippen LogP contribution in [0.3, 0.4) is 0 Å². The summed E-state index contributed by atoms with van der Waals surface area (Å²) in [6, 6.07) is 6.12. The number of nitrogens with zero attached hydrogens (tertiary/aromatic N) is 1. The number of unbranched alkanes of at least 4 members (excludes halogenated alkanes) is 1. The maximum absolute atomic E-state index is 13.3. The number of hydrogen-bond donors (Lipinski definition) is 0. The van der Waals surface area contributed by atoms with Gasteiger partial charge in [0.2, 0.25) is 0 Å². The summed E-state index contributed by atoms with van der Waals surface area (Å²) in [5, 5.41) is 0. The molecule has 0 N–H and O–H groups in total. The standard InChI is InChI=1S/C13H18FNO/c1-3-4-9-15(2)10-13(16)11-7-5-6-8-12(11)14/h5-8H,3-4,9-10H2,1-2H3. The molecule has 2 nitrogen and oxygen atoms in total. The van der Waals surface area contributed by atoms with E-state index >= 15 is 0 Å². The van der Waals surface area contributed by atoms with Crippen molar-refractivity contribution < 1.29 is 9.18 Å². The predicted molar refractivity (Wildman–Crippen MR) is 63.1 cm³/mol. The fraction of sp³-hybridized carbons (Fsp3) is 0.462. The van der Waals surface area contributed by atoms with Crippen molar-refractivity contribution in [1.82, 2.24) is 4.90 Å². The second-order valence-electron chi connectivity index (χ2n) is 3.99. The van der Waals surface area contributed by atoms with Crippen LogP contribution in [0.4, 0.5) is 4.39 Å². The number of likely N-dealkylation sites (N-methyl/N-ethyl adjacent to an activating group) is 1. The van der Waals surface area contributed by atoms with E-state index in [9.17, 15) is 9.18 Å². The third-order valence-corrected chi connectivity index (χ3v) is 2.48. The number of benzene rings is 1. The quantitative estimate of drug-likeness (QED) is 0.691. The Bertz CT molecular complexity index is 352. The lowest BCUT2D eigenvalue weighted by atomic mass is 10.1. The summed E-state index contributed by atoms with van der Waals surface area (Å²) >= 11 is 0. The number of carbonyl (C=O) groups excluding carboxylic acids is 1. The fourth-order valence-electron chi connectivity index (χ4n) is 1.52. The summed E-state index contributed by atoms with van der Waals surface area (Å²) in [7, 11) is 1.88. The van der Waals surface area contributed by atoms with Gasteiger partial charge in [-0.2, -0.15) is 0 Å². The van der Waals surface area contributed by atoms with Gasteiger partial charge in [0.25, 0.3) is 0 Å². The van der Waals surface area contributed by atoms with E-state index in [-0.39, 0.29) is 17.9 Å². The Hall–Kier alpha value is -1.22. The number of carbonyl (C=O) groups is 1. The highest BCUT2D eigenvalue weighted by Gasteiger charge is 2.12. The van der Waals surface area contributed by atoms with Crippen molar-refractivity contribution in [2.75, 3.05) is 20.1 Å². The molecule has 0 saturated heterocycles. The Kier molecular flexibility index (Phi) is 5.12. The summed E-state index contributed by atoms with van der Waals surface area (Å²) in [5.41, 5.74) is 0.186. The normalized spacial score (nSPS) is 10.8. The smallest absolute Gasteiger partial charge is 0.179 e. The maximum atomic E-state index is 13.3. The molecule has 1 aromatic rings. The zero-order valence-electron chi connectivity index (χ0n) is 9.87. The van der Waals surface area contributed by atoms with E-state index in [1.54, 1.807) is 12.1 Å². The molecule has 0 spiro atoms. The van der Waals surface area contributed by atoms with Gasteiger partial charge in [0.15, 0.2) is 5.78 Å². The van der Waals surface area contributed by atoms with Crippen molar-refractivity contribution >= 4 is 5.78 Å². The lowest BCUT2D eigenvalue weighted by molar-refractivity contribution is 0.0941. The second-order valence-corrected chi connectivity index (χ2v) is 3.99. The van der Waals surface area contributed by atoms with Crippen LogP contribution in [0.25, 0.3) is 0 Å². The average Bonchev–Trinajstić information content (AvgIpc) is 2.26. The third kappa shape index (κ3) is 3.74. The van der Waals surface area contributed by atoms with Gasteiger partial charge in [-0.15, -0.1) is 0 Å². The van der Waals surface area contributed by atoms with Crippen molar-refractivity contribution in [2.24, 2.45) is 0 Å². The first-order valence-electron chi connectivity index (χ1n) is 5.61. The van der Waals surface area contributed by atoms with E-state index in [0.717, 1.165) is 19.4 Å². The van der Waals surface area contributed by atoms with Crippen molar-refractivity contribution in [3.8, 4) is 0 Å². The van der Waals surface area contributed by atoms with Crippen LogP contribution < -0.4 is 0 Å². The predicted octanol–water partition coefficient (Wildman–Crippen LogP) is 2.74. The van der Waals surface area contributed by atoms with Gasteiger partial charge >= 0.3 is 0 Å². The van der Waals surface area contributed by atoms with Crippen LogP contribution >= 0.6 is 0 Å². The van der Waals surface area contributed by atoms with Gasteiger partial charge in [0, 0.05) is 0 Å². The molecule has 0 fully saturated rings. The van der Waals surface area contributed by atoms with Crippen molar-refractivity contribution in [1.29, 1.82) is 0 Å². The van der Waals surface area contributed by atoms with E-state index in [0.29, 0.717) is 0 Å². The van der Waals surface area contributed by atoms with Gasteiger partial charge in [0.1, 0.15) is 5.82 Å². The van der Waals surface area contributed by atoms with Crippen LogP contribution in [0.15, 0.2) is 24.3 Å². The summed E-state index contributed by atoms with van der Waals surface area (Å²) in [6.45, 7) is 3.25. The Balaban J connectivity index is 2.56. The number of hydrogen-bond acceptors (Lipinski definition) is 2. The molecule has 0 saturated carbocycles. The van der Waals surface area contributed by atoms with Crippen LogP contribution in [0.1, 0.15) is 30.1 Å². The molecule has 0 heterocycles. The molecule has 1 rings (SSSR count). The van der Waals surface area contributed by atoms with Gasteiger partial charge < -0.3 is 0 Å². The molecule has 0 bridgehead atoms. The largest absolute Gasteiger partial charge is 0.299 e. The highest BCUT2D eigenvalue weighted by Crippen LogP contribution is 2.07. The van der Waals surface area contributed by atoms with E-state index in [2.05, 4.69) is 6.92 Å². The van der Waals surface area contributed by atoms with Gasteiger partial charge in [-0.25, -0.2) is 4.39 Å².